The van der Waals surface area contributed by atoms with E-state index in [9.17, 15) is 20.4 Å². The highest BCUT2D eigenvalue weighted by Crippen LogP contribution is 2.41. The van der Waals surface area contributed by atoms with Crippen LogP contribution in [0.1, 0.15) is 90.5 Å². The number of aryl methyl sites for hydroxylation is 1. The third-order valence-electron chi connectivity index (χ3n) is 9.77. The Bertz CT molecular complexity index is 1160. The van der Waals surface area contributed by atoms with Crippen LogP contribution in [-0.4, -0.2) is 88.6 Å². The lowest BCUT2D eigenvalue weighted by Crippen LogP contribution is -2.44. The van der Waals surface area contributed by atoms with Crippen molar-refractivity contribution in [3.8, 4) is 11.5 Å². The van der Waals surface area contributed by atoms with E-state index < -0.39 is 6.10 Å². The highest BCUT2D eigenvalue weighted by atomic mass is 16.5. The number of phenolic OH excluding ortho intramolecular Hbond substituents is 1. The molecule has 1 aromatic rings. The highest BCUT2D eigenvalue weighted by molar-refractivity contribution is 5.83. The van der Waals surface area contributed by atoms with Crippen LogP contribution in [0.25, 0.3) is 0 Å². The van der Waals surface area contributed by atoms with E-state index in [-0.39, 0.29) is 43.1 Å². The number of phenols is 1. The molecule has 262 valence electrons. The summed E-state index contributed by atoms with van der Waals surface area (Å²) in [6.07, 6.45) is 18.0. The van der Waals surface area contributed by atoms with Crippen LogP contribution in [0.5, 0.6) is 11.5 Å². The van der Waals surface area contributed by atoms with E-state index in [1.807, 2.05) is 18.3 Å². The Hall–Kier alpha value is -2.53. The first-order valence-electron chi connectivity index (χ1n) is 18.1. The molecule has 7 N–H and O–H groups in total. The Balaban J connectivity index is 1.41. The van der Waals surface area contributed by atoms with E-state index in [2.05, 4.69) is 36.6 Å². The molecular formula is C38H60N3O6+. The number of hydrogen-bond donors (Lipinski definition) is 6. The maximum atomic E-state index is 10.7. The number of nitrogens with zero attached hydrogens (tertiary/aromatic N) is 1. The zero-order valence-electron chi connectivity index (χ0n) is 28.8. The van der Waals surface area contributed by atoms with E-state index >= 15 is 0 Å². The van der Waals surface area contributed by atoms with Crippen molar-refractivity contribution in [3.05, 3.63) is 59.2 Å². The van der Waals surface area contributed by atoms with Gasteiger partial charge in [0.15, 0.2) is 23.2 Å². The van der Waals surface area contributed by atoms with E-state index in [0.29, 0.717) is 31.2 Å². The molecule has 4 rings (SSSR count). The zero-order chi connectivity index (χ0) is 33.6. The number of nitrogens with one attached hydrogen (secondary N) is 2. The fraction of sp³-hybridized carbons (Fsp3) is 0.658. The van der Waals surface area contributed by atoms with E-state index in [1.54, 1.807) is 13.0 Å². The van der Waals surface area contributed by atoms with Gasteiger partial charge >= 0.3 is 0 Å². The number of aromatic hydroxyl groups is 1. The van der Waals surface area contributed by atoms with Gasteiger partial charge in [-0.25, -0.2) is 0 Å². The molecule has 1 fully saturated rings. The van der Waals surface area contributed by atoms with Crippen LogP contribution < -0.4 is 15.4 Å². The molecule has 0 radical (unpaired) electrons. The molecule has 9 heteroatoms. The van der Waals surface area contributed by atoms with E-state index in [1.165, 1.54) is 31.6 Å². The monoisotopic (exact) mass is 654 g/mol. The number of benzene rings is 1. The van der Waals surface area contributed by atoms with Crippen LogP contribution in [0.4, 0.5) is 0 Å². The Labute approximate surface area is 282 Å². The molecule has 5 atom stereocenters. The maximum Gasteiger partial charge on any atom is 0.196 e. The standard InChI is InChI=1S/C38H59N3O6/c1-4-6-13-36-30(24-43)20-31(47-36)16-14-27-15-17-35(45)37(19-27)46-25-34(39-5-2)33-21-29(23-41-33)38(28-10-7-8-11-28)32(12-9-18-42)40-22-26(3)44/h15,17,19-21,23,26,28,32,34,36,38-40,42-44,47H,4-14,16,18,22,24-25H2,1-3H3/p+1. The molecule has 0 spiro atoms. The number of ether oxygens (including phenoxy) is 2. The van der Waals surface area contributed by atoms with Crippen molar-refractivity contribution in [2.24, 2.45) is 16.8 Å². The SMILES string of the molecule is CCCCC1[OH+][C-](CCc2ccc(O)c(OCC(NCC)C3=C[C+](C(C4CCCC4)C(CCCO)NCC(C)O)C=N3)c2)C=C1CO. The smallest absolute Gasteiger partial charge is 0.196 e. The summed E-state index contributed by atoms with van der Waals surface area (Å²) < 4.78 is 11.1. The summed E-state index contributed by atoms with van der Waals surface area (Å²) in [7, 11) is 0. The summed E-state index contributed by atoms with van der Waals surface area (Å²) in [6, 6.07) is 5.53. The van der Waals surface area contributed by atoms with Gasteiger partial charge in [0.2, 0.25) is 0 Å². The Morgan fingerprint density at radius 2 is 1.96 bits per heavy atom. The average Bonchev–Trinajstić information content (AvgIpc) is 3.85. The molecule has 5 unspecified atom stereocenters. The zero-order valence-corrected chi connectivity index (χ0v) is 28.8. The molecule has 0 aromatic heterocycles. The minimum atomic E-state index is -0.440. The molecule has 1 aromatic carbocycles. The van der Waals surface area contributed by atoms with Gasteiger partial charge in [-0.05, 0) is 82.0 Å². The van der Waals surface area contributed by atoms with Crippen molar-refractivity contribution >= 4 is 6.21 Å². The normalized spacial score (nSPS) is 20.9. The molecule has 0 saturated heterocycles. The van der Waals surface area contributed by atoms with Crippen LogP contribution in [0.2, 0.25) is 0 Å². The van der Waals surface area contributed by atoms with Crippen molar-refractivity contribution in [2.45, 2.75) is 116 Å². The number of allylic oxidation sites excluding steroid dienone is 1. The Morgan fingerprint density at radius 3 is 2.66 bits per heavy atom. The van der Waals surface area contributed by atoms with Crippen LogP contribution >= 0.6 is 0 Å². The maximum absolute atomic E-state index is 10.7. The van der Waals surface area contributed by atoms with Gasteiger partial charge in [0, 0.05) is 32.2 Å². The number of rotatable bonds is 22. The lowest BCUT2D eigenvalue weighted by atomic mass is 9.74. The molecular weight excluding hydrogens is 594 g/mol. The van der Waals surface area contributed by atoms with Gasteiger partial charge in [-0.15, -0.1) is 16.6 Å². The predicted molar refractivity (Wildman–Crippen MR) is 188 cm³/mol. The highest BCUT2D eigenvalue weighted by Gasteiger charge is 2.43. The lowest BCUT2D eigenvalue weighted by molar-refractivity contribution is -0.0550. The summed E-state index contributed by atoms with van der Waals surface area (Å²) in [5.41, 5.74) is 2.98. The van der Waals surface area contributed by atoms with Crippen LogP contribution in [0, 0.1) is 23.9 Å². The summed E-state index contributed by atoms with van der Waals surface area (Å²) in [4.78, 5) is 4.88. The number of hydrogen-bond acceptors (Lipinski definition) is 8. The first kappa shape index (κ1) is 37.3. The Morgan fingerprint density at radius 1 is 1.15 bits per heavy atom. The average molecular weight is 655 g/mol. The second kappa shape index (κ2) is 19.5. The van der Waals surface area contributed by atoms with Gasteiger partial charge in [-0.2, -0.15) is 0 Å². The molecule has 47 heavy (non-hydrogen) atoms. The van der Waals surface area contributed by atoms with Crippen molar-refractivity contribution in [2.75, 3.05) is 32.9 Å². The van der Waals surface area contributed by atoms with Gasteiger partial charge in [0.1, 0.15) is 30.9 Å². The van der Waals surface area contributed by atoms with Gasteiger partial charge in [0.05, 0.1) is 18.1 Å². The van der Waals surface area contributed by atoms with Gasteiger partial charge in [-0.3, -0.25) is 5.32 Å². The quantitative estimate of drug-likeness (QED) is 0.0788. The van der Waals surface area contributed by atoms with Crippen molar-refractivity contribution in [1.82, 2.24) is 10.6 Å². The fourth-order valence-electron chi connectivity index (χ4n) is 7.29. The van der Waals surface area contributed by atoms with Crippen LogP contribution in [0.3, 0.4) is 0 Å². The number of aliphatic hydroxyl groups is 5. The molecule has 9 nitrogen and oxygen atoms in total. The largest absolute Gasteiger partial charge is 0.504 e. The third kappa shape index (κ3) is 11.0. The summed E-state index contributed by atoms with van der Waals surface area (Å²) in [6.45, 7) is 7.82. The molecule has 3 aliphatic rings. The van der Waals surface area contributed by atoms with Crippen molar-refractivity contribution < 1.29 is 29.9 Å². The minimum absolute atomic E-state index is 0.0523. The molecule has 0 amide bonds. The molecule has 0 bridgehead atoms. The molecule has 1 saturated carbocycles. The van der Waals surface area contributed by atoms with Crippen molar-refractivity contribution in [1.29, 1.82) is 0 Å². The van der Waals surface area contributed by atoms with Gasteiger partial charge < -0.3 is 35.2 Å². The van der Waals surface area contributed by atoms with Crippen LogP contribution in [0.15, 0.2) is 46.6 Å². The second-order valence-electron chi connectivity index (χ2n) is 13.5. The van der Waals surface area contributed by atoms with E-state index in [4.69, 9.17) is 14.5 Å². The van der Waals surface area contributed by atoms with Crippen LogP contribution in [-0.2, 0) is 6.42 Å². The van der Waals surface area contributed by atoms with E-state index in [0.717, 1.165) is 68.0 Å². The summed E-state index contributed by atoms with van der Waals surface area (Å²) in [5.74, 6) is 2.55. The summed E-state index contributed by atoms with van der Waals surface area (Å²) >= 11 is 0. The first-order valence-corrected chi connectivity index (χ1v) is 18.1. The lowest BCUT2D eigenvalue weighted by Gasteiger charge is -2.31. The second-order valence-corrected chi connectivity index (χ2v) is 13.5. The molecule has 1 aliphatic carbocycles. The third-order valence-corrected chi connectivity index (χ3v) is 9.77. The van der Waals surface area contributed by atoms with Crippen molar-refractivity contribution in [3.63, 3.8) is 0 Å². The molecule has 2 heterocycles. The fourth-order valence-corrected chi connectivity index (χ4v) is 7.29. The molecule has 2 aliphatic heterocycles. The summed E-state index contributed by atoms with van der Waals surface area (Å²) in [5, 5.41) is 47.2. The van der Waals surface area contributed by atoms with Gasteiger partial charge in [0.25, 0.3) is 0 Å². The number of unbranched alkanes of at least 4 members (excludes halogenated alkanes) is 1. The first-order chi connectivity index (χ1) is 22.9. The van der Waals surface area contributed by atoms with Gasteiger partial charge in [-0.1, -0.05) is 39.2 Å². The minimum Gasteiger partial charge on any atom is -0.504 e. The number of likely N-dealkylation sites (N-methyl/N-ethyl adjacent to an activating group) is 1. The number of aliphatic imine (C=N–C) groups is 1. The Kier molecular flexibility index (Phi) is 15.4. The topological polar surface area (TPSA) is 139 Å². The number of aliphatic hydroxyl groups excluding tert-OH is 3. The predicted octanol–water partition coefficient (Wildman–Crippen LogP) is 4.69.